The molecule has 5 heteroatoms. The molecule has 106 valence electrons. The van der Waals surface area contributed by atoms with Crippen molar-refractivity contribution in [3.63, 3.8) is 0 Å². The molecule has 0 radical (unpaired) electrons. The average molecular weight is 297 g/mol. The molecule has 0 aliphatic carbocycles. The number of nitrogens with zero attached hydrogens (tertiary/aromatic N) is 2. The first-order chi connectivity index (χ1) is 10.2. The van der Waals surface area contributed by atoms with E-state index in [1.54, 1.807) is 35.5 Å². The SMILES string of the molecule is CN(Cc1csc2ccccc12)C(=O)Nc1ccccn1. The van der Waals surface area contributed by atoms with Gasteiger partial charge in [-0.05, 0) is 34.5 Å². The van der Waals surface area contributed by atoms with Crippen LogP contribution in [-0.2, 0) is 6.54 Å². The van der Waals surface area contributed by atoms with Crippen LogP contribution in [0.5, 0.6) is 0 Å². The summed E-state index contributed by atoms with van der Waals surface area (Å²) in [6.07, 6.45) is 1.65. The van der Waals surface area contributed by atoms with Crippen molar-refractivity contribution in [2.45, 2.75) is 6.54 Å². The van der Waals surface area contributed by atoms with E-state index in [0.717, 1.165) is 5.56 Å². The summed E-state index contributed by atoms with van der Waals surface area (Å²) < 4.78 is 1.24. The number of pyridine rings is 1. The van der Waals surface area contributed by atoms with Crippen molar-refractivity contribution in [1.82, 2.24) is 9.88 Å². The van der Waals surface area contributed by atoms with Gasteiger partial charge >= 0.3 is 6.03 Å². The fourth-order valence-electron chi connectivity index (χ4n) is 2.12. The Labute approximate surface area is 127 Å². The normalized spacial score (nSPS) is 10.5. The van der Waals surface area contributed by atoms with Crippen LogP contribution in [0.2, 0.25) is 0 Å². The number of anilines is 1. The highest BCUT2D eigenvalue weighted by Gasteiger charge is 2.12. The first-order valence-corrected chi connectivity index (χ1v) is 7.50. The Balaban J connectivity index is 1.71. The number of thiophene rings is 1. The zero-order valence-electron chi connectivity index (χ0n) is 11.6. The van der Waals surface area contributed by atoms with Crippen molar-refractivity contribution in [3.8, 4) is 0 Å². The summed E-state index contributed by atoms with van der Waals surface area (Å²) in [5.74, 6) is 0.560. The molecule has 2 amide bonds. The maximum Gasteiger partial charge on any atom is 0.323 e. The van der Waals surface area contributed by atoms with Crippen molar-refractivity contribution in [2.75, 3.05) is 12.4 Å². The van der Waals surface area contributed by atoms with Gasteiger partial charge in [-0.25, -0.2) is 9.78 Å². The zero-order valence-corrected chi connectivity index (χ0v) is 12.4. The smallest absolute Gasteiger partial charge is 0.323 e. The van der Waals surface area contributed by atoms with E-state index in [9.17, 15) is 4.79 Å². The molecule has 4 nitrogen and oxygen atoms in total. The molecule has 0 aliphatic rings. The van der Waals surface area contributed by atoms with E-state index in [0.29, 0.717) is 12.4 Å². The lowest BCUT2D eigenvalue weighted by Gasteiger charge is -2.17. The summed E-state index contributed by atoms with van der Waals surface area (Å²) in [5, 5.41) is 6.10. The van der Waals surface area contributed by atoms with Gasteiger partial charge < -0.3 is 4.90 Å². The monoisotopic (exact) mass is 297 g/mol. The van der Waals surface area contributed by atoms with Crippen LogP contribution in [-0.4, -0.2) is 23.0 Å². The molecule has 0 unspecified atom stereocenters. The predicted molar refractivity (Wildman–Crippen MR) is 86.5 cm³/mol. The number of benzene rings is 1. The highest BCUT2D eigenvalue weighted by atomic mass is 32.1. The minimum Gasteiger partial charge on any atom is -0.323 e. The van der Waals surface area contributed by atoms with Crippen molar-refractivity contribution < 1.29 is 4.79 Å². The van der Waals surface area contributed by atoms with Gasteiger partial charge in [-0.1, -0.05) is 24.3 Å². The van der Waals surface area contributed by atoms with E-state index in [4.69, 9.17) is 0 Å². The lowest BCUT2D eigenvalue weighted by atomic mass is 10.2. The van der Waals surface area contributed by atoms with E-state index >= 15 is 0 Å². The van der Waals surface area contributed by atoms with E-state index in [1.165, 1.54) is 10.1 Å². The molecule has 0 aliphatic heterocycles. The van der Waals surface area contributed by atoms with Gasteiger partial charge in [0, 0.05) is 24.5 Å². The third-order valence-electron chi connectivity index (χ3n) is 3.22. The van der Waals surface area contributed by atoms with Crippen LogP contribution in [0, 0.1) is 0 Å². The van der Waals surface area contributed by atoms with Crippen LogP contribution >= 0.6 is 11.3 Å². The Morgan fingerprint density at radius 3 is 2.86 bits per heavy atom. The van der Waals surface area contributed by atoms with E-state index in [1.807, 2.05) is 24.3 Å². The third-order valence-corrected chi connectivity index (χ3v) is 4.23. The minimum atomic E-state index is -0.163. The number of carbonyl (C=O) groups excluding carboxylic acids is 1. The summed E-state index contributed by atoms with van der Waals surface area (Å²) in [6.45, 7) is 0.572. The summed E-state index contributed by atoms with van der Waals surface area (Å²) in [7, 11) is 1.78. The molecule has 2 aromatic heterocycles. The second-order valence-electron chi connectivity index (χ2n) is 4.76. The molecule has 21 heavy (non-hydrogen) atoms. The largest absolute Gasteiger partial charge is 0.323 e. The first-order valence-electron chi connectivity index (χ1n) is 6.62. The van der Waals surface area contributed by atoms with Gasteiger partial charge in [0.15, 0.2) is 0 Å². The van der Waals surface area contributed by atoms with Crippen molar-refractivity contribution in [1.29, 1.82) is 0 Å². The number of hydrogen-bond acceptors (Lipinski definition) is 3. The molecular formula is C16H15N3OS. The van der Waals surface area contributed by atoms with Crippen LogP contribution in [0.4, 0.5) is 10.6 Å². The Bertz CT molecular complexity index is 754. The average Bonchev–Trinajstić information content (AvgIpc) is 2.91. The summed E-state index contributed by atoms with van der Waals surface area (Å²) in [4.78, 5) is 17.9. The number of amides is 2. The van der Waals surface area contributed by atoms with Crippen LogP contribution in [0.25, 0.3) is 10.1 Å². The fourth-order valence-corrected chi connectivity index (χ4v) is 3.08. The van der Waals surface area contributed by atoms with Gasteiger partial charge in [0.1, 0.15) is 5.82 Å². The molecule has 0 saturated heterocycles. The van der Waals surface area contributed by atoms with Crippen molar-refractivity contribution in [3.05, 3.63) is 59.6 Å². The molecule has 1 aromatic carbocycles. The van der Waals surface area contributed by atoms with Gasteiger partial charge in [-0.15, -0.1) is 11.3 Å². The van der Waals surface area contributed by atoms with Gasteiger partial charge in [0.2, 0.25) is 0 Å². The lowest BCUT2D eigenvalue weighted by molar-refractivity contribution is 0.221. The van der Waals surface area contributed by atoms with Crippen molar-refractivity contribution >= 4 is 33.3 Å². The lowest BCUT2D eigenvalue weighted by Crippen LogP contribution is -2.31. The standard InChI is InChI=1S/C16H15N3OS/c1-19(16(20)18-15-8-4-5-9-17-15)10-12-11-21-14-7-3-2-6-13(12)14/h2-9,11H,10H2,1H3,(H,17,18,20). The molecule has 3 aromatic rings. The number of nitrogens with one attached hydrogen (secondary N) is 1. The van der Waals surface area contributed by atoms with E-state index in [2.05, 4.69) is 27.8 Å². The molecule has 0 saturated carbocycles. The minimum absolute atomic E-state index is 0.163. The first kappa shape index (κ1) is 13.6. The molecule has 1 N–H and O–H groups in total. The van der Waals surface area contributed by atoms with Gasteiger partial charge in [-0.3, -0.25) is 5.32 Å². The molecule has 3 rings (SSSR count). The maximum atomic E-state index is 12.2. The highest BCUT2D eigenvalue weighted by molar-refractivity contribution is 7.17. The molecule has 2 heterocycles. The molecule has 0 fully saturated rings. The quantitative estimate of drug-likeness (QED) is 0.795. The second kappa shape index (κ2) is 5.93. The number of fused-ring (bicyclic) bond motifs is 1. The Morgan fingerprint density at radius 2 is 2.05 bits per heavy atom. The van der Waals surface area contributed by atoms with Crippen LogP contribution < -0.4 is 5.32 Å². The molecule has 0 bridgehead atoms. The number of aromatic nitrogens is 1. The highest BCUT2D eigenvalue weighted by Crippen LogP contribution is 2.26. The zero-order chi connectivity index (χ0) is 14.7. The van der Waals surface area contributed by atoms with Crippen LogP contribution in [0.1, 0.15) is 5.56 Å². The summed E-state index contributed by atoms with van der Waals surface area (Å²) in [6, 6.07) is 13.5. The molecule has 0 atom stereocenters. The third kappa shape index (κ3) is 3.03. The van der Waals surface area contributed by atoms with Crippen LogP contribution in [0.3, 0.4) is 0 Å². The Hall–Kier alpha value is -2.40. The van der Waals surface area contributed by atoms with Gasteiger partial charge in [0.05, 0.1) is 0 Å². The molecule has 0 spiro atoms. The van der Waals surface area contributed by atoms with Gasteiger partial charge in [0.25, 0.3) is 0 Å². The topological polar surface area (TPSA) is 45.2 Å². The van der Waals surface area contributed by atoms with Gasteiger partial charge in [-0.2, -0.15) is 0 Å². The Kier molecular flexibility index (Phi) is 3.83. The number of carbonyl (C=O) groups is 1. The summed E-state index contributed by atoms with van der Waals surface area (Å²) >= 11 is 1.70. The van der Waals surface area contributed by atoms with E-state index < -0.39 is 0 Å². The predicted octanol–water partition coefficient (Wildman–Crippen LogP) is 3.96. The maximum absolute atomic E-state index is 12.2. The molecular weight excluding hydrogens is 282 g/mol. The van der Waals surface area contributed by atoms with Crippen LogP contribution in [0.15, 0.2) is 54.0 Å². The second-order valence-corrected chi connectivity index (χ2v) is 5.67. The van der Waals surface area contributed by atoms with Crippen molar-refractivity contribution in [2.24, 2.45) is 0 Å². The summed E-state index contributed by atoms with van der Waals surface area (Å²) in [5.41, 5.74) is 1.16. The fraction of sp³-hybridized carbons (Fsp3) is 0.125. The number of urea groups is 1. The number of hydrogen-bond donors (Lipinski definition) is 1. The number of rotatable bonds is 3. The Morgan fingerprint density at radius 1 is 1.24 bits per heavy atom. The van der Waals surface area contributed by atoms with E-state index in [-0.39, 0.29) is 6.03 Å².